The Hall–Kier alpha value is 0.270. The Bertz CT molecular complexity index is 110. The van der Waals surface area contributed by atoms with E-state index in [-0.39, 0.29) is 12.0 Å². The van der Waals surface area contributed by atoms with Gasteiger partial charge in [-0.15, -0.1) is 11.8 Å². The summed E-state index contributed by atoms with van der Waals surface area (Å²) in [7, 11) is 0. The second kappa shape index (κ2) is 3.11. The van der Waals surface area contributed by atoms with Gasteiger partial charge in [0.05, 0.1) is 12.0 Å². The van der Waals surface area contributed by atoms with Crippen LogP contribution in [0.2, 0.25) is 0 Å². The molecule has 0 aromatic heterocycles. The number of thioether (sulfide) groups is 1. The lowest BCUT2D eigenvalue weighted by molar-refractivity contribution is 0.149. The molecule has 0 amide bonds. The number of rotatable bonds is 2. The van der Waals surface area contributed by atoms with Crippen LogP contribution in [0, 0.1) is 5.41 Å². The van der Waals surface area contributed by atoms with E-state index >= 15 is 0 Å². The van der Waals surface area contributed by atoms with Crippen LogP contribution in [0.1, 0.15) is 13.8 Å². The molecular formula is C7H15NOS. The highest BCUT2D eigenvalue weighted by molar-refractivity contribution is 8.00. The Morgan fingerprint density at radius 2 is 2.40 bits per heavy atom. The fourth-order valence-corrected chi connectivity index (χ4v) is 2.24. The average molecular weight is 161 g/mol. The number of aliphatic hydroxyl groups excluding tert-OH is 1. The van der Waals surface area contributed by atoms with Crippen molar-refractivity contribution < 1.29 is 5.11 Å². The molecule has 3 heteroatoms. The predicted molar refractivity (Wildman–Crippen MR) is 45.1 cm³/mol. The van der Waals surface area contributed by atoms with E-state index < -0.39 is 0 Å². The lowest BCUT2D eigenvalue weighted by atomic mass is 9.94. The smallest absolute Gasteiger partial charge is 0.0606 e. The molecule has 0 spiro atoms. The molecule has 1 rings (SSSR count). The van der Waals surface area contributed by atoms with Crippen molar-refractivity contribution in [2.45, 2.75) is 19.2 Å². The SMILES string of the molecule is CC(C)(CO)C1NCCS1. The quantitative estimate of drug-likeness (QED) is 0.624. The Morgan fingerprint density at radius 1 is 1.70 bits per heavy atom. The van der Waals surface area contributed by atoms with Crippen molar-refractivity contribution in [2.24, 2.45) is 5.41 Å². The molecule has 1 heterocycles. The molecule has 0 saturated carbocycles. The second-order valence-electron chi connectivity index (χ2n) is 3.35. The van der Waals surface area contributed by atoms with Crippen LogP contribution in [0.5, 0.6) is 0 Å². The maximum absolute atomic E-state index is 9.00. The summed E-state index contributed by atoms with van der Waals surface area (Å²) in [5.74, 6) is 1.17. The summed E-state index contributed by atoms with van der Waals surface area (Å²) < 4.78 is 0. The van der Waals surface area contributed by atoms with Gasteiger partial charge >= 0.3 is 0 Å². The van der Waals surface area contributed by atoms with Crippen LogP contribution in [0.3, 0.4) is 0 Å². The van der Waals surface area contributed by atoms with Crippen molar-refractivity contribution in [3.63, 3.8) is 0 Å². The molecule has 1 fully saturated rings. The molecule has 0 bridgehead atoms. The largest absolute Gasteiger partial charge is 0.396 e. The summed E-state index contributed by atoms with van der Waals surface area (Å²) in [6, 6.07) is 0. The summed E-state index contributed by atoms with van der Waals surface area (Å²) in [6.45, 7) is 5.52. The van der Waals surface area contributed by atoms with Gasteiger partial charge in [-0.1, -0.05) is 13.8 Å². The van der Waals surface area contributed by atoms with Crippen LogP contribution >= 0.6 is 11.8 Å². The molecule has 1 atom stereocenters. The van der Waals surface area contributed by atoms with E-state index in [1.54, 1.807) is 0 Å². The van der Waals surface area contributed by atoms with Gasteiger partial charge in [0.1, 0.15) is 0 Å². The van der Waals surface area contributed by atoms with Crippen LogP contribution in [-0.4, -0.2) is 29.4 Å². The maximum Gasteiger partial charge on any atom is 0.0606 e. The van der Waals surface area contributed by atoms with Gasteiger partial charge in [-0.2, -0.15) is 0 Å². The molecule has 1 unspecified atom stereocenters. The van der Waals surface area contributed by atoms with Gasteiger partial charge in [0, 0.05) is 17.7 Å². The molecule has 2 N–H and O–H groups in total. The molecule has 0 aromatic rings. The number of hydrogen-bond acceptors (Lipinski definition) is 3. The van der Waals surface area contributed by atoms with Gasteiger partial charge < -0.3 is 10.4 Å². The minimum absolute atomic E-state index is 0.0289. The van der Waals surface area contributed by atoms with E-state index in [4.69, 9.17) is 5.11 Å². The van der Waals surface area contributed by atoms with E-state index in [0.717, 1.165) is 6.54 Å². The van der Waals surface area contributed by atoms with Gasteiger partial charge in [0.15, 0.2) is 0 Å². The van der Waals surface area contributed by atoms with E-state index in [9.17, 15) is 0 Å². The first-order chi connectivity index (χ1) is 4.67. The molecular weight excluding hydrogens is 146 g/mol. The van der Waals surface area contributed by atoms with Gasteiger partial charge in [0.25, 0.3) is 0 Å². The Kier molecular flexibility index (Phi) is 2.61. The van der Waals surface area contributed by atoms with Gasteiger partial charge in [-0.3, -0.25) is 0 Å². The number of nitrogens with one attached hydrogen (secondary N) is 1. The van der Waals surface area contributed by atoms with E-state index in [2.05, 4.69) is 19.2 Å². The van der Waals surface area contributed by atoms with Crippen LogP contribution in [0.15, 0.2) is 0 Å². The van der Waals surface area contributed by atoms with Gasteiger partial charge in [-0.05, 0) is 0 Å². The molecule has 10 heavy (non-hydrogen) atoms. The van der Waals surface area contributed by atoms with Crippen molar-refractivity contribution in [2.75, 3.05) is 18.9 Å². The maximum atomic E-state index is 9.00. The summed E-state index contributed by atoms with van der Waals surface area (Å²) in [6.07, 6.45) is 0. The van der Waals surface area contributed by atoms with E-state index in [0.29, 0.717) is 5.37 Å². The summed E-state index contributed by atoms with van der Waals surface area (Å²) in [5, 5.41) is 12.8. The molecule has 1 saturated heterocycles. The van der Waals surface area contributed by atoms with Crippen LogP contribution in [-0.2, 0) is 0 Å². The highest BCUT2D eigenvalue weighted by atomic mass is 32.2. The summed E-state index contributed by atoms with van der Waals surface area (Å²) in [4.78, 5) is 0. The molecule has 2 nitrogen and oxygen atoms in total. The molecule has 1 aliphatic heterocycles. The Balaban J connectivity index is 2.45. The second-order valence-corrected chi connectivity index (χ2v) is 4.56. The fourth-order valence-electron chi connectivity index (χ4n) is 1.01. The van der Waals surface area contributed by atoms with Crippen molar-refractivity contribution in [1.29, 1.82) is 0 Å². The highest BCUT2D eigenvalue weighted by Gasteiger charge is 2.31. The van der Waals surface area contributed by atoms with Crippen LogP contribution in [0.4, 0.5) is 0 Å². The zero-order valence-corrected chi connectivity index (χ0v) is 7.37. The van der Waals surface area contributed by atoms with Crippen molar-refractivity contribution >= 4 is 11.8 Å². The minimum atomic E-state index is 0.0289. The summed E-state index contributed by atoms with van der Waals surface area (Å²) in [5.41, 5.74) is 0.0289. The number of hydrogen-bond donors (Lipinski definition) is 2. The molecule has 0 aliphatic carbocycles. The molecule has 1 aliphatic rings. The first kappa shape index (κ1) is 8.37. The monoisotopic (exact) mass is 161 g/mol. The third kappa shape index (κ3) is 1.65. The zero-order valence-electron chi connectivity index (χ0n) is 6.55. The topological polar surface area (TPSA) is 32.3 Å². The van der Waals surface area contributed by atoms with Crippen molar-refractivity contribution in [1.82, 2.24) is 5.32 Å². The van der Waals surface area contributed by atoms with Crippen molar-refractivity contribution in [3.05, 3.63) is 0 Å². The molecule has 0 radical (unpaired) electrons. The third-order valence-corrected chi connectivity index (χ3v) is 3.41. The molecule has 0 aromatic carbocycles. The predicted octanol–water partition coefficient (Wildman–Crippen LogP) is 0.667. The third-order valence-electron chi connectivity index (χ3n) is 1.83. The van der Waals surface area contributed by atoms with Crippen molar-refractivity contribution in [3.8, 4) is 0 Å². The Labute approximate surface area is 66.4 Å². The van der Waals surface area contributed by atoms with E-state index in [1.807, 2.05) is 11.8 Å². The normalized spacial score (nSPS) is 27.3. The zero-order chi connectivity index (χ0) is 7.61. The minimum Gasteiger partial charge on any atom is -0.396 e. The Morgan fingerprint density at radius 3 is 2.80 bits per heavy atom. The summed E-state index contributed by atoms with van der Waals surface area (Å²) >= 11 is 1.90. The number of aliphatic hydroxyl groups is 1. The van der Waals surface area contributed by atoms with E-state index in [1.165, 1.54) is 5.75 Å². The lowest BCUT2D eigenvalue weighted by Gasteiger charge is -2.28. The van der Waals surface area contributed by atoms with Gasteiger partial charge in [0.2, 0.25) is 0 Å². The lowest BCUT2D eigenvalue weighted by Crippen LogP contribution is -2.37. The first-order valence-electron chi connectivity index (χ1n) is 3.63. The molecule has 60 valence electrons. The van der Waals surface area contributed by atoms with Crippen LogP contribution in [0.25, 0.3) is 0 Å². The first-order valence-corrected chi connectivity index (χ1v) is 4.67. The van der Waals surface area contributed by atoms with Crippen LogP contribution < -0.4 is 5.32 Å². The average Bonchev–Trinajstić information content (AvgIpc) is 2.38. The standard InChI is InChI=1S/C7H15NOS/c1-7(2,5-9)6-8-3-4-10-6/h6,8-9H,3-5H2,1-2H3. The van der Waals surface area contributed by atoms with Gasteiger partial charge in [-0.25, -0.2) is 0 Å². The highest BCUT2D eigenvalue weighted by Crippen LogP contribution is 2.30. The fraction of sp³-hybridized carbons (Fsp3) is 1.00.